The molecular weight excluding hydrogens is 599 g/mol. The zero-order valence-corrected chi connectivity index (χ0v) is 26.6. The van der Waals surface area contributed by atoms with E-state index in [-0.39, 0.29) is 20.5 Å². The van der Waals surface area contributed by atoms with Crippen LogP contribution in [0, 0.1) is 0 Å². The van der Waals surface area contributed by atoms with Gasteiger partial charge in [0, 0.05) is 0 Å². The summed E-state index contributed by atoms with van der Waals surface area (Å²) in [6.07, 6.45) is 6.60. The minimum atomic E-state index is -3.86. The molecule has 0 N–H and O–H groups in total. The number of carbonyl (C=O) groups is 4. The van der Waals surface area contributed by atoms with Gasteiger partial charge in [-0.3, -0.25) is 0 Å². The molecule has 0 radical (unpaired) electrons. The second kappa shape index (κ2) is 17.1. The summed E-state index contributed by atoms with van der Waals surface area (Å²) in [5, 5.41) is 0. The molecule has 0 fully saturated rings. The molecule has 1 aromatic heterocycles. The summed E-state index contributed by atoms with van der Waals surface area (Å²) < 4.78 is 28.5. The second-order valence-corrected chi connectivity index (χ2v) is 22.1. The Kier molecular flexibility index (Phi) is 15.1. The van der Waals surface area contributed by atoms with Crippen molar-refractivity contribution >= 4 is 47.8 Å². The van der Waals surface area contributed by atoms with E-state index in [9.17, 15) is 19.2 Å². The van der Waals surface area contributed by atoms with Crippen molar-refractivity contribution in [3.8, 4) is 0 Å². The van der Waals surface area contributed by atoms with E-state index in [0.29, 0.717) is 0 Å². The average molecular weight is 641 g/mol. The van der Waals surface area contributed by atoms with Gasteiger partial charge in [-0.2, -0.15) is 0 Å². The molecule has 1 heterocycles. The normalized spacial score (nSPS) is 12.7. The number of esters is 4. The molecule has 10 heteroatoms. The fourth-order valence-electron chi connectivity index (χ4n) is 4.69. The van der Waals surface area contributed by atoms with Crippen molar-refractivity contribution < 1.29 is 42.5 Å². The number of rotatable bonds is 16. The third-order valence-corrected chi connectivity index (χ3v) is 22.2. The summed E-state index contributed by atoms with van der Waals surface area (Å²) in [5.74, 6) is -3.55. The van der Waals surface area contributed by atoms with Crippen LogP contribution < -0.4 is 0 Å². The molecule has 0 saturated heterocycles. The van der Waals surface area contributed by atoms with Crippen molar-refractivity contribution in [2.24, 2.45) is 0 Å². The van der Waals surface area contributed by atoms with Gasteiger partial charge in [-0.15, -0.1) is 0 Å². The van der Waals surface area contributed by atoms with Crippen LogP contribution in [-0.2, 0) is 38.1 Å². The summed E-state index contributed by atoms with van der Waals surface area (Å²) in [6, 6.07) is 2.99. The number of unbranched alkanes of at least 4 members (excludes halogenated alkanes) is 3. The topological polar surface area (TPSA) is 118 Å². The first-order valence-electron chi connectivity index (χ1n) is 13.1. The Morgan fingerprint density at radius 3 is 1.50 bits per heavy atom. The molecule has 0 bridgehead atoms. The van der Waals surface area contributed by atoms with Gasteiger partial charge < -0.3 is 0 Å². The predicted octanol–water partition coefficient (Wildman–Crippen LogP) is 5.41. The van der Waals surface area contributed by atoms with E-state index < -0.39 is 47.8 Å². The van der Waals surface area contributed by atoms with E-state index in [1.54, 1.807) is 0 Å². The molecular formula is C28H42O9Sn. The van der Waals surface area contributed by atoms with Crippen molar-refractivity contribution in [2.45, 2.75) is 72.6 Å². The molecule has 0 amide bonds. The van der Waals surface area contributed by atoms with E-state index in [2.05, 4.69) is 20.8 Å². The average Bonchev–Trinajstić information content (AvgIpc) is 3.47. The molecule has 38 heavy (non-hydrogen) atoms. The number of hydrogen-bond donors (Lipinski definition) is 0. The second-order valence-electron chi connectivity index (χ2n) is 9.03. The summed E-state index contributed by atoms with van der Waals surface area (Å²) in [5.41, 5.74) is -1.04. The van der Waals surface area contributed by atoms with Gasteiger partial charge in [-0.1, -0.05) is 0 Å². The molecule has 212 valence electrons. The Hall–Kier alpha value is -2.56. The van der Waals surface area contributed by atoms with Crippen molar-refractivity contribution in [3.05, 3.63) is 38.9 Å². The molecule has 0 aliphatic rings. The summed E-state index contributed by atoms with van der Waals surface area (Å²) in [6.45, 7) is 6.22. The van der Waals surface area contributed by atoms with Gasteiger partial charge in [-0.05, 0) is 0 Å². The van der Waals surface area contributed by atoms with Gasteiger partial charge in [-0.25, -0.2) is 0 Å². The van der Waals surface area contributed by atoms with Crippen molar-refractivity contribution in [3.63, 3.8) is 0 Å². The van der Waals surface area contributed by atoms with E-state index >= 15 is 0 Å². The first kappa shape index (κ1) is 33.5. The Labute approximate surface area is 229 Å². The molecule has 0 saturated carbocycles. The maximum absolute atomic E-state index is 13.7. The molecule has 0 aliphatic heterocycles. The molecule has 1 rings (SSSR count). The Balaban J connectivity index is 4.50. The van der Waals surface area contributed by atoms with Gasteiger partial charge in [0.05, 0.1) is 0 Å². The van der Waals surface area contributed by atoms with E-state index in [1.807, 2.05) is 0 Å². The molecule has 0 aliphatic carbocycles. The van der Waals surface area contributed by atoms with Gasteiger partial charge >= 0.3 is 230 Å². The van der Waals surface area contributed by atoms with Gasteiger partial charge in [0.15, 0.2) is 0 Å². The van der Waals surface area contributed by atoms with Crippen molar-refractivity contribution in [1.29, 1.82) is 0 Å². The first-order chi connectivity index (χ1) is 18.2. The summed E-state index contributed by atoms with van der Waals surface area (Å²) in [7, 11) is 4.70. The van der Waals surface area contributed by atoms with Crippen LogP contribution in [0.5, 0.6) is 0 Å². The zero-order chi connectivity index (χ0) is 28.7. The van der Waals surface area contributed by atoms with Crippen LogP contribution in [-0.4, -0.2) is 70.7 Å². The van der Waals surface area contributed by atoms with Crippen LogP contribution >= 0.6 is 0 Å². The van der Waals surface area contributed by atoms with Gasteiger partial charge in [0.2, 0.25) is 0 Å². The standard InChI is InChI=1S/C16H15O9.3C4H9.Sn/c1-21-11(17)8-9(14(18)22-2)12(15(19)23-3)13(16(20)24-4)10-6-5-7-25-10;3*1-3-4-2;/h5-7H,1-4H3;3*1,3-4H2,2H3;/b9-8?,13-12+;;;;. The Morgan fingerprint density at radius 2 is 1.13 bits per heavy atom. The fourth-order valence-corrected chi connectivity index (χ4v) is 21.5. The molecule has 1 aromatic rings. The number of hydrogen-bond acceptors (Lipinski definition) is 9. The number of carbonyl (C=O) groups excluding carboxylic acids is 4. The molecule has 9 nitrogen and oxygen atoms in total. The number of methoxy groups -OCH3 is 4. The van der Waals surface area contributed by atoms with Crippen molar-refractivity contribution in [1.82, 2.24) is 0 Å². The number of ether oxygens (including phenoxy) is 4. The fraction of sp³-hybridized carbons (Fsp3) is 0.571. The van der Waals surface area contributed by atoms with E-state index in [1.165, 1.54) is 25.5 Å². The SMILES string of the molecule is CCC[CH2][Sn]([CH2]CCC)([CH2]CCC)/[C](C(=O)OC)=C(C(=O)OC)/C(C(=O)OC)=C(\C(=O)OC)c1ccco1. The third kappa shape index (κ3) is 8.22. The van der Waals surface area contributed by atoms with Crippen LogP contribution in [0.4, 0.5) is 0 Å². The van der Waals surface area contributed by atoms with Crippen LogP contribution in [0.2, 0.25) is 13.3 Å². The Morgan fingerprint density at radius 1 is 0.684 bits per heavy atom. The quantitative estimate of drug-likeness (QED) is 0.0768. The predicted molar refractivity (Wildman–Crippen MR) is 146 cm³/mol. The van der Waals surface area contributed by atoms with E-state index in [0.717, 1.165) is 73.2 Å². The first-order valence-corrected chi connectivity index (χ1v) is 20.6. The van der Waals surface area contributed by atoms with Gasteiger partial charge in [0.1, 0.15) is 0 Å². The van der Waals surface area contributed by atoms with Crippen LogP contribution in [0.1, 0.15) is 65.1 Å². The molecule has 0 spiro atoms. The third-order valence-electron chi connectivity index (χ3n) is 6.63. The summed E-state index contributed by atoms with van der Waals surface area (Å²) in [4.78, 5) is 53.8. The van der Waals surface area contributed by atoms with Crippen molar-refractivity contribution in [2.75, 3.05) is 28.4 Å². The molecule has 0 aromatic carbocycles. The van der Waals surface area contributed by atoms with Gasteiger partial charge in [0.25, 0.3) is 0 Å². The minimum absolute atomic E-state index is 0.0145. The molecule has 0 atom stereocenters. The monoisotopic (exact) mass is 642 g/mol. The summed E-state index contributed by atoms with van der Waals surface area (Å²) >= 11 is -3.86. The Bertz CT molecular complexity index is 984. The zero-order valence-electron chi connectivity index (χ0n) is 23.8. The number of furan rings is 1. The maximum atomic E-state index is 13.7. The van der Waals surface area contributed by atoms with Crippen LogP contribution in [0.3, 0.4) is 0 Å². The van der Waals surface area contributed by atoms with Crippen LogP contribution in [0.15, 0.2) is 37.5 Å². The van der Waals surface area contributed by atoms with Crippen LogP contribution in [0.25, 0.3) is 5.57 Å². The van der Waals surface area contributed by atoms with E-state index in [4.69, 9.17) is 23.4 Å². The molecule has 0 unspecified atom stereocenters.